The first-order valence-corrected chi connectivity index (χ1v) is 16.3. The Hall–Kier alpha value is -7.39. The van der Waals surface area contributed by atoms with E-state index in [9.17, 15) is 15.8 Å². The van der Waals surface area contributed by atoms with Crippen LogP contribution in [-0.2, 0) is 0 Å². The van der Waals surface area contributed by atoms with E-state index in [0.29, 0.717) is 16.7 Å². The number of aromatic nitrogens is 2. The minimum atomic E-state index is 0.575. The van der Waals surface area contributed by atoms with Crippen molar-refractivity contribution in [1.29, 1.82) is 15.8 Å². The molecule has 0 radical (unpaired) electrons. The van der Waals surface area contributed by atoms with Gasteiger partial charge in [0.05, 0.1) is 62.7 Å². The molecule has 50 heavy (non-hydrogen) atoms. The van der Waals surface area contributed by atoms with Gasteiger partial charge in [0.15, 0.2) is 0 Å². The van der Waals surface area contributed by atoms with Gasteiger partial charge in [-0.2, -0.15) is 15.8 Å². The first-order chi connectivity index (χ1) is 24.7. The molecule has 7 aromatic carbocycles. The Morgan fingerprint density at radius 2 is 1.08 bits per heavy atom. The van der Waals surface area contributed by atoms with Crippen LogP contribution in [0.1, 0.15) is 16.7 Å². The van der Waals surface area contributed by atoms with Crippen LogP contribution in [-0.4, -0.2) is 9.13 Å². The minimum absolute atomic E-state index is 0.575. The van der Waals surface area contributed by atoms with Gasteiger partial charge in [-0.25, -0.2) is 0 Å². The molecule has 0 unspecified atom stereocenters. The molecule has 0 saturated carbocycles. The number of hydrogen-bond donors (Lipinski definition) is 0. The summed E-state index contributed by atoms with van der Waals surface area (Å²) in [6.07, 6.45) is 0. The molecular formula is C45H25N5. The highest BCUT2D eigenvalue weighted by atomic mass is 15.0. The molecule has 0 bridgehead atoms. The second kappa shape index (κ2) is 11.4. The average Bonchev–Trinajstić information content (AvgIpc) is 3.70. The average molecular weight is 636 g/mol. The molecule has 0 saturated heterocycles. The summed E-state index contributed by atoms with van der Waals surface area (Å²) in [5, 5.41) is 34.0. The van der Waals surface area contributed by atoms with Crippen LogP contribution in [0.4, 0.5) is 0 Å². The van der Waals surface area contributed by atoms with E-state index < -0.39 is 0 Å². The van der Waals surface area contributed by atoms with Crippen LogP contribution >= 0.6 is 0 Å². The Labute approximate surface area is 287 Å². The van der Waals surface area contributed by atoms with Gasteiger partial charge in [0.2, 0.25) is 0 Å². The maximum atomic E-state index is 10.4. The maximum absolute atomic E-state index is 10.4. The Balaban J connectivity index is 1.24. The molecule has 5 nitrogen and oxygen atoms in total. The molecule has 5 heteroatoms. The first-order valence-electron chi connectivity index (χ1n) is 16.3. The molecule has 0 amide bonds. The number of hydrogen-bond acceptors (Lipinski definition) is 3. The molecule has 9 aromatic rings. The molecular weight excluding hydrogens is 611 g/mol. The van der Waals surface area contributed by atoms with Crippen LogP contribution in [0.2, 0.25) is 0 Å². The fourth-order valence-electron chi connectivity index (χ4n) is 7.46. The maximum Gasteiger partial charge on any atom is 0.0998 e. The molecule has 0 aliphatic carbocycles. The van der Waals surface area contributed by atoms with Crippen LogP contribution in [0.15, 0.2) is 152 Å². The van der Waals surface area contributed by atoms with Gasteiger partial charge in [0.1, 0.15) is 0 Å². The van der Waals surface area contributed by atoms with Gasteiger partial charge >= 0.3 is 0 Å². The molecule has 0 aliphatic rings. The Kier molecular flexibility index (Phi) is 6.56. The lowest BCUT2D eigenvalue weighted by Gasteiger charge is -2.16. The van der Waals surface area contributed by atoms with Crippen molar-refractivity contribution >= 4 is 43.6 Å². The monoisotopic (exact) mass is 635 g/mol. The highest BCUT2D eigenvalue weighted by molar-refractivity contribution is 6.12. The second-order valence-corrected chi connectivity index (χ2v) is 12.3. The predicted octanol–water partition coefficient (Wildman–Crippen LogP) is 10.8. The van der Waals surface area contributed by atoms with Crippen LogP contribution < -0.4 is 0 Å². The quantitative estimate of drug-likeness (QED) is 0.193. The molecule has 0 N–H and O–H groups in total. The molecule has 0 fully saturated rings. The zero-order valence-corrected chi connectivity index (χ0v) is 26.7. The summed E-state index contributed by atoms with van der Waals surface area (Å²) < 4.78 is 4.45. The summed E-state index contributed by atoms with van der Waals surface area (Å²) in [5.74, 6) is 0. The summed E-state index contributed by atoms with van der Waals surface area (Å²) >= 11 is 0. The number of rotatable bonds is 4. The standard InChI is InChI=1S/C45H25N5/c46-26-29-19-22-43-39(23-29)36-13-2-4-15-40(36)49(43)34-11-7-9-30(24-34)31-20-21-32(27-47)38(25-31)35-12-1-5-16-41(35)50-42-17-6-3-14-37(42)45-33(28-48)10-8-18-44(45)50/h1-25H. The van der Waals surface area contributed by atoms with Crippen LogP contribution in [0.3, 0.4) is 0 Å². The molecule has 2 aromatic heterocycles. The lowest BCUT2D eigenvalue weighted by Crippen LogP contribution is -1.98. The van der Waals surface area contributed by atoms with Crippen molar-refractivity contribution in [2.45, 2.75) is 0 Å². The third kappa shape index (κ3) is 4.31. The van der Waals surface area contributed by atoms with E-state index in [4.69, 9.17) is 0 Å². The molecule has 0 spiro atoms. The van der Waals surface area contributed by atoms with E-state index in [1.165, 1.54) is 0 Å². The number of fused-ring (bicyclic) bond motifs is 6. The summed E-state index contributed by atoms with van der Waals surface area (Å²) in [6.45, 7) is 0. The molecule has 0 atom stereocenters. The van der Waals surface area contributed by atoms with E-state index in [0.717, 1.165) is 77.2 Å². The van der Waals surface area contributed by atoms with Crippen molar-refractivity contribution in [2.24, 2.45) is 0 Å². The van der Waals surface area contributed by atoms with Gasteiger partial charge in [-0.1, -0.05) is 78.9 Å². The van der Waals surface area contributed by atoms with E-state index in [2.05, 4.69) is 100 Å². The number of nitrogens with zero attached hydrogens (tertiary/aromatic N) is 5. The molecule has 2 heterocycles. The summed E-state index contributed by atoms with van der Waals surface area (Å²) in [7, 11) is 0. The largest absolute Gasteiger partial charge is 0.309 e. The number of nitriles is 3. The smallest absolute Gasteiger partial charge is 0.0998 e. The van der Waals surface area contributed by atoms with Gasteiger partial charge in [0.25, 0.3) is 0 Å². The lowest BCUT2D eigenvalue weighted by atomic mass is 9.93. The lowest BCUT2D eigenvalue weighted by molar-refractivity contribution is 1.18. The van der Waals surface area contributed by atoms with Crippen molar-refractivity contribution in [2.75, 3.05) is 0 Å². The fourth-order valence-corrected chi connectivity index (χ4v) is 7.46. The van der Waals surface area contributed by atoms with Crippen LogP contribution in [0.25, 0.3) is 77.2 Å². The van der Waals surface area contributed by atoms with Crippen molar-refractivity contribution in [3.8, 4) is 51.8 Å². The summed E-state index contributed by atoms with van der Waals surface area (Å²) in [5.41, 5.74) is 11.5. The molecule has 230 valence electrons. The first kappa shape index (κ1) is 28.8. The van der Waals surface area contributed by atoms with Crippen molar-refractivity contribution in [1.82, 2.24) is 9.13 Å². The van der Waals surface area contributed by atoms with E-state index in [1.807, 2.05) is 78.9 Å². The van der Waals surface area contributed by atoms with Crippen molar-refractivity contribution in [3.05, 3.63) is 168 Å². The third-order valence-corrected chi connectivity index (χ3v) is 9.63. The normalized spacial score (nSPS) is 11.1. The van der Waals surface area contributed by atoms with Crippen LogP contribution in [0, 0.1) is 34.0 Å². The highest BCUT2D eigenvalue weighted by Crippen LogP contribution is 2.40. The fraction of sp³-hybridized carbons (Fsp3) is 0. The Morgan fingerprint density at radius 1 is 0.400 bits per heavy atom. The predicted molar refractivity (Wildman–Crippen MR) is 200 cm³/mol. The van der Waals surface area contributed by atoms with E-state index >= 15 is 0 Å². The highest BCUT2D eigenvalue weighted by Gasteiger charge is 2.19. The van der Waals surface area contributed by atoms with Gasteiger partial charge in [-0.05, 0) is 83.9 Å². The molecule has 0 aliphatic heterocycles. The SMILES string of the molecule is N#Cc1ccc2c(c1)c1ccccc1n2-c1cccc(-c2ccc(C#N)c(-c3ccccc3-n3c4ccccc4c4c(C#N)cccc43)c2)c1. The van der Waals surface area contributed by atoms with Crippen LogP contribution in [0.5, 0.6) is 0 Å². The second-order valence-electron chi connectivity index (χ2n) is 12.3. The van der Waals surface area contributed by atoms with E-state index in [1.54, 1.807) is 0 Å². The Bertz CT molecular complexity index is 2970. The zero-order chi connectivity index (χ0) is 33.8. The van der Waals surface area contributed by atoms with Gasteiger partial charge in [-0.3, -0.25) is 0 Å². The Morgan fingerprint density at radius 3 is 1.90 bits per heavy atom. The summed E-state index contributed by atoms with van der Waals surface area (Å²) in [4.78, 5) is 0. The van der Waals surface area contributed by atoms with Crippen molar-refractivity contribution in [3.63, 3.8) is 0 Å². The minimum Gasteiger partial charge on any atom is -0.309 e. The zero-order valence-electron chi connectivity index (χ0n) is 26.7. The van der Waals surface area contributed by atoms with E-state index in [-0.39, 0.29) is 0 Å². The number of benzene rings is 7. The molecule has 9 rings (SSSR count). The van der Waals surface area contributed by atoms with Gasteiger partial charge in [0, 0.05) is 38.4 Å². The van der Waals surface area contributed by atoms with Gasteiger partial charge in [-0.15, -0.1) is 0 Å². The van der Waals surface area contributed by atoms with Gasteiger partial charge < -0.3 is 9.13 Å². The number of para-hydroxylation sites is 3. The van der Waals surface area contributed by atoms with Crippen molar-refractivity contribution < 1.29 is 0 Å². The summed E-state index contributed by atoms with van der Waals surface area (Å²) in [6, 6.07) is 57.8. The third-order valence-electron chi connectivity index (χ3n) is 9.63. The topological polar surface area (TPSA) is 81.2 Å².